The molecule has 1 nitrogen and oxygen atoms in total. The molecule has 0 unspecified atom stereocenters. The molecule has 0 aromatic heterocycles. The zero-order valence-corrected chi connectivity index (χ0v) is 11.9. The second-order valence-electron chi connectivity index (χ2n) is 3.49. The van der Waals surface area contributed by atoms with Crippen LogP contribution in [-0.4, -0.2) is 0 Å². The summed E-state index contributed by atoms with van der Waals surface area (Å²) in [6, 6.07) is 16.4. The van der Waals surface area contributed by atoms with E-state index in [2.05, 4.69) is 24.3 Å². The van der Waals surface area contributed by atoms with Crippen LogP contribution in [0.25, 0.3) is 0 Å². The first-order valence-electron chi connectivity index (χ1n) is 4.77. The summed E-state index contributed by atoms with van der Waals surface area (Å²) in [4.78, 5) is 0. The fourth-order valence-corrected chi connectivity index (χ4v) is 1.82. The summed E-state index contributed by atoms with van der Waals surface area (Å²) in [7, 11) is 0. The predicted molar refractivity (Wildman–Crippen MR) is 56.9 cm³/mol. The summed E-state index contributed by atoms with van der Waals surface area (Å²) >= 11 is 0. The van der Waals surface area contributed by atoms with E-state index >= 15 is 0 Å². The number of hydrogen-bond acceptors (Lipinski definition) is 1. The minimum Gasteiger partial charge on any atom is -1.00 e. The monoisotopic (exact) mass is 222 g/mol. The smallest absolute Gasteiger partial charge is 1.00 e. The fraction of sp³-hybridized carbons (Fsp3) is 0.0769. The van der Waals surface area contributed by atoms with E-state index in [9.17, 15) is 0 Å². The summed E-state index contributed by atoms with van der Waals surface area (Å²) in [6.45, 7) is 0. The van der Waals surface area contributed by atoms with Gasteiger partial charge in [0.1, 0.15) is 11.5 Å². The fourth-order valence-electron chi connectivity index (χ4n) is 1.82. The van der Waals surface area contributed by atoms with Crippen LogP contribution >= 0.6 is 0 Å². The van der Waals surface area contributed by atoms with Gasteiger partial charge in [0.2, 0.25) is 0 Å². The first-order valence-corrected chi connectivity index (χ1v) is 4.77. The number of fused-ring (bicyclic) bond motifs is 2. The summed E-state index contributed by atoms with van der Waals surface area (Å²) in [5.74, 6) is 1.98. The number of ether oxygens (including phenoxy) is 1. The molecule has 0 fully saturated rings. The molecule has 2 aromatic rings. The molecule has 0 N–H and O–H groups in total. The Morgan fingerprint density at radius 1 is 0.800 bits per heavy atom. The first-order chi connectivity index (χ1) is 6.93. The molecule has 0 saturated heterocycles. The maximum atomic E-state index is 5.78. The molecule has 3 rings (SSSR count). The van der Waals surface area contributed by atoms with Crippen LogP contribution < -0.4 is 56.1 Å². The normalized spacial score (nSPS) is 11.7. The molecule has 1 aliphatic heterocycles. The van der Waals surface area contributed by atoms with E-state index < -0.39 is 0 Å². The summed E-state index contributed by atoms with van der Waals surface area (Å²) < 4.78 is 5.78. The number of hydrogen-bond donors (Lipinski definition) is 0. The van der Waals surface area contributed by atoms with Crippen LogP contribution in [0.1, 0.15) is 12.6 Å². The van der Waals surface area contributed by atoms with Gasteiger partial charge in [0, 0.05) is 6.42 Å². The predicted octanol–water partition coefficient (Wildman–Crippen LogP) is 0.500. The minimum atomic E-state index is 0. The van der Waals surface area contributed by atoms with Gasteiger partial charge in [-0.15, -0.1) is 0 Å². The van der Waals surface area contributed by atoms with E-state index in [0.29, 0.717) is 0 Å². The Kier molecular flexibility index (Phi) is 3.64. The van der Waals surface area contributed by atoms with Crippen LogP contribution in [0.4, 0.5) is 0 Å². The topological polar surface area (TPSA) is 9.23 Å². The minimum absolute atomic E-state index is 0. The van der Waals surface area contributed by atoms with Crippen LogP contribution in [0.2, 0.25) is 0 Å². The van der Waals surface area contributed by atoms with E-state index in [-0.39, 0.29) is 52.8 Å². The van der Waals surface area contributed by atoms with Gasteiger partial charge in [0.15, 0.2) is 0 Å². The van der Waals surface area contributed by atoms with Crippen molar-refractivity contribution >= 4 is 0 Å². The van der Waals surface area contributed by atoms with Gasteiger partial charge in [-0.1, -0.05) is 36.4 Å². The van der Waals surface area contributed by atoms with Crippen molar-refractivity contribution in [3.63, 3.8) is 0 Å². The Balaban J connectivity index is 0.000000640. The van der Waals surface area contributed by atoms with Crippen molar-refractivity contribution < 1.29 is 57.5 Å². The summed E-state index contributed by atoms with van der Waals surface area (Å²) in [5, 5.41) is 0. The zero-order valence-electron chi connectivity index (χ0n) is 9.73. The average Bonchev–Trinajstić information content (AvgIpc) is 2.26. The third kappa shape index (κ3) is 2.19. The standard InChI is InChI=1S/C13H10O.K.H/c1-3-7-12-10(5-1)9-11-6-2-4-8-13(11)14-12;;/h1-8H,9H2;;/q;+1;-1. The Morgan fingerprint density at radius 3 is 1.80 bits per heavy atom. The maximum absolute atomic E-state index is 5.78. The Hall–Kier alpha value is -0.124. The second-order valence-corrected chi connectivity index (χ2v) is 3.49. The van der Waals surface area contributed by atoms with Gasteiger partial charge in [-0.2, -0.15) is 0 Å². The molecule has 2 heteroatoms. The van der Waals surface area contributed by atoms with Gasteiger partial charge in [0.05, 0.1) is 0 Å². The van der Waals surface area contributed by atoms with Gasteiger partial charge in [0.25, 0.3) is 0 Å². The van der Waals surface area contributed by atoms with Crippen LogP contribution in [-0.2, 0) is 6.42 Å². The van der Waals surface area contributed by atoms with Gasteiger partial charge in [-0.3, -0.25) is 0 Å². The first kappa shape index (κ1) is 11.4. The van der Waals surface area contributed by atoms with Gasteiger partial charge >= 0.3 is 51.4 Å². The number of para-hydroxylation sites is 2. The van der Waals surface area contributed by atoms with Crippen molar-refractivity contribution in [2.24, 2.45) is 0 Å². The molecule has 2 aromatic carbocycles. The third-order valence-corrected chi connectivity index (χ3v) is 2.55. The largest absolute Gasteiger partial charge is 1.00 e. The van der Waals surface area contributed by atoms with E-state index in [4.69, 9.17) is 4.74 Å². The maximum Gasteiger partial charge on any atom is 1.00 e. The molecule has 0 aliphatic carbocycles. The molecule has 1 heterocycles. The quantitative estimate of drug-likeness (QED) is 0.503. The molecule has 1 aliphatic rings. The van der Waals surface area contributed by atoms with Crippen LogP contribution in [0.3, 0.4) is 0 Å². The summed E-state index contributed by atoms with van der Waals surface area (Å²) in [6.07, 6.45) is 0.979. The van der Waals surface area contributed by atoms with E-state index in [1.54, 1.807) is 0 Å². The van der Waals surface area contributed by atoms with E-state index in [0.717, 1.165) is 17.9 Å². The average molecular weight is 222 g/mol. The van der Waals surface area contributed by atoms with Gasteiger partial charge in [-0.05, 0) is 23.3 Å². The summed E-state index contributed by atoms with van der Waals surface area (Å²) in [5.41, 5.74) is 2.54. The SMILES string of the molecule is [H-].[K+].c1ccc2c(c1)Cc1ccccc1O2. The third-order valence-electron chi connectivity index (χ3n) is 2.55. The van der Waals surface area contributed by atoms with Gasteiger partial charge < -0.3 is 6.16 Å². The molecule has 0 amide bonds. The molecular formula is C13H11KO. The molecule has 15 heavy (non-hydrogen) atoms. The molecule has 70 valence electrons. The molecule has 0 spiro atoms. The van der Waals surface area contributed by atoms with E-state index in [1.807, 2.05) is 24.3 Å². The second kappa shape index (κ2) is 4.81. The molecule has 0 radical (unpaired) electrons. The van der Waals surface area contributed by atoms with Crippen LogP contribution in [0, 0.1) is 0 Å². The van der Waals surface area contributed by atoms with Crippen LogP contribution in [0.15, 0.2) is 48.5 Å². The number of benzene rings is 2. The Labute approximate surface area is 133 Å². The van der Waals surface area contributed by atoms with Crippen LogP contribution in [0.5, 0.6) is 11.5 Å². The molecule has 0 saturated carbocycles. The van der Waals surface area contributed by atoms with Crippen molar-refractivity contribution in [2.45, 2.75) is 6.42 Å². The molecule has 0 atom stereocenters. The van der Waals surface area contributed by atoms with Crippen molar-refractivity contribution in [3.05, 3.63) is 59.7 Å². The van der Waals surface area contributed by atoms with Crippen molar-refractivity contribution in [1.82, 2.24) is 0 Å². The van der Waals surface area contributed by atoms with Crippen molar-refractivity contribution in [1.29, 1.82) is 0 Å². The Bertz CT molecular complexity index is 397. The van der Waals surface area contributed by atoms with Crippen molar-refractivity contribution in [2.75, 3.05) is 0 Å². The van der Waals surface area contributed by atoms with E-state index in [1.165, 1.54) is 11.1 Å². The molecular weight excluding hydrogens is 211 g/mol. The number of rotatable bonds is 0. The van der Waals surface area contributed by atoms with Gasteiger partial charge in [-0.25, -0.2) is 0 Å². The van der Waals surface area contributed by atoms with Crippen molar-refractivity contribution in [3.8, 4) is 11.5 Å². The molecule has 0 bridgehead atoms. The zero-order chi connectivity index (χ0) is 9.38. The Morgan fingerprint density at radius 2 is 1.27 bits per heavy atom.